The SMILES string of the molecule is Cc1ccc(S(=O)(=O)n2cc3c4c(ccc3n2)C2=C(Cl)[C@H](O)[C@H]3CC[C@@]2(C4)C3)cc1. The van der Waals surface area contributed by atoms with Gasteiger partial charge >= 0.3 is 0 Å². The molecule has 6 rings (SSSR count). The van der Waals surface area contributed by atoms with Gasteiger partial charge in [0.1, 0.15) is 0 Å². The van der Waals surface area contributed by atoms with Crippen LogP contribution in [0.2, 0.25) is 0 Å². The summed E-state index contributed by atoms with van der Waals surface area (Å²) in [7, 11) is -3.77. The Morgan fingerprint density at radius 2 is 1.97 bits per heavy atom. The number of aliphatic hydroxyl groups excluding tert-OH is 1. The van der Waals surface area contributed by atoms with Crippen molar-refractivity contribution in [3.05, 3.63) is 64.3 Å². The second-order valence-electron chi connectivity index (χ2n) is 8.97. The summed E-state index contributed by atoms with van der Waals surface area (Å²) in [5.74, 6) is 0.218. The number of halogens is 1. The fourth-order valence-corrected chi connectivity index (χ4v) is 7.39. The van der Waals surface area contributed by atoms with Gasteiger partial charge in [0.15, 0.2) is 0 Å². The molecule has 2 aromatic carbocycles. The van der Waals surface area contributed by atoms with E-state index in [0.29, 0.717) is 10.5 Å². The maximum atomic E-state index is 13.1. The molecule has 3 aliphatic carbocycles. The first kappa shape index (κ1) is 18.6. The van der Waals surface area contributed by atoms with E-state index in [1.165, 1.54) is 0 Å². The summed E-state index contributed by atoms with van der Waals surface area (Å²) in [5.41, 5.74) is 4.83. The van der Waals surface area contributed by atoms with Gasteiger partial charge in [0.05, 0.1) is 27.7 Å². The van der Waals surface area contributed by atoms with Crippen molar-refractivity contribution in [2.75, 3.05) is 0 Å². The van der Waals surface area contributed by atoms with Gasteiger partial charge < -0.3 is 5.11 Å². The Bertz CT molecular complexity index is 1360. The van der Waals surface area contributed by atoms with Gasteiger partial charge in [0, 0.05) is 10.8 Å². The van der Waals surface area contributed by atoms with Crippen LogP contribution in [0, 0.1) is 18.3 Å². The van der Waals surface area contributed by atoms with E-state index in [-0.39, 0.29) is 16.2 Å². The Hall–Kier alpha value is -2.15. The van der Waals surface area contributed by atoms with Crippen LogP contribution in [0.25, 0.3) is 16.5 Å². The van der Waals surface area contributed by atoms with Gasteiger partial charge in [-0.1, -0.05) is 35.4 Å². The number of hydrogen-bond donors (Lipinski definition) is 1. The van der Waals surface area contributed by atoms with E-state index in [4.69, 9.17) is 11.6 Å². The quantitative estimate of drug-likeness (QED) is 0.646. The molecule has 1 fully saturated rings. The van der Waals surface area contributed by atoms with Crippen LogP contribution in [0.15, 0.2) is 52.5 Å². The zero-order valence-corrected chi connectivity index (χ0v) is 18.0. The van der Waals surface area contributed by atoms with Crippen LogP contribution in [0.4, 0.5) is 0 Å². The number of hydrogen-bond acceptors (Lipinski definition) is 4. The molecular weight excluding hydrogens is 420 g/mol. The minimum atomic E-state index is -3.77. The molecule has 1 aromatic heterocycles. The first-order valence-electron chi connectivity index (χ1n) is 10.2. The molecule has 0 aliphatic heterocycles. The Morgan fingerprint density at radius 1 is 1.20 bits per heavy atom. The summed E-state index contributed by atoms with van der Waals surface area (Å²) < 4.78 is 27.3. The fraction of sp³-hybridized carbons (Fsp3) is 0.348. The lowest BCUT2D eigenvalue weighted by atomic mass is 9.74. The molecule has 0 unspecified atom stereocenters. The minimum absolute atomic E-state index is 0.0322. The zero-order chi connectivity index (χ0) is 20.8. The van der Waals surface area contributed by atoms with Crippen molar-refractivity contribution in [3.63, 3.8) is 0 Å². The number of aromatic nitrogens is 2. The largest absolute Gasteiger partial charge is 0.387 e. The molecule has 30 heavy (non-hydrogen) atoms. The van der Waals surface area contributed by atoms with Crippen LogP contribution >= 0.6 is 11.6 Å². The van der Waals surface area contributed by atoms with Crippen molar-refractivity contribution < 1.29 is 13.5 Å². The molecule has 5 nitrogen and oxygen atoms in total. The van der Waals surface area contributed by atoms with Gasteiger partial charge in [-0.3, -0.25) is 0 Å². The highest BCUT2D eigenvalue weighted by Gasteiger charge is 2.54. The summed E-state index contributed by atoms with van der Waals surface area (Å²) in [6, 6.07) is 10.6. The van der Waals surface area contributed by atoms with E-state index in [9.17, 15) is 13.5 Å². The lowest BCUT2D eigenvalue weighted by Crippen LogP contribution is -2.29. The normalized spacial score (nSPS) is 27.6. The summed E-state index contributed by atoms with van der Waals surface area (Å²) in [6.45, 7) is 1.92. The predicted molar refractivity (Wildman–Crippen MR) is 116 cm³/mol. The number of rotatable bonds is 2. The van der Waals surface area contributed by atoms with Gasteiger partial charge in [-0.15, -0.1) is 0 Å². The maximum absolute atomic E-state index is 13.1. The van der Waals surface area contributed by atoms with E-state index in [2.05, 4.69) is 5.10 Å². The van der Waals surface area contributed by atoms with Crippen molar-refractivity contribution >= 4 is 38.1 Å². The predicted octanol–water partition coefficient (Wildman–Crippen LogP) is 4.25. The van der Waals surface area contributed by atoms with E-state index >= 15 is 0 Å². The molecule has 0 radical (unpaired) electrons. The van der Waals surface area contributed by atoms with Crippen molar-refractivity contribution in [2.24, 2.45) is 11.3 Å². The van der Waals surface area contributed by atoms with E-state index in [1.807, 2.05) is 19.1 Å². The molecule has 3 aromatic rings. The van der Waals surface area contributed by atoms with Crippen molar-refractivity contribution in [3.8, 4) is 0 Å². The highest BCUT2D eigenvalue weighted by molar-refractivity contribution is 7.89. The third-order valence-corrected chi connectivity index (χ3v) is 9.21. The first-order chi connectivity index (χ1) is 14.3. The number of aryl methyl sites for hydroxylation is 1. The van der Waals surface area contributed by atoms with Gasteiger partial charge in [0.25, 0.3) is 10.0 Å². The molecule has 154 valence electrons. The Kier molecular flexibility index (Phi) is 3.70. The maximum Gasteiger partial charge on any atom is 0.282 e. The van der Waals surface area contributed by atoms with Crippen LogP contribution < -0.4 is 0 Å². The molecule has 7 heteroatoms. The number of allylic oxidation sites excluding steroid dienone is 1. The Labute approximate surface area is 180 Å². The lowest BCUT2D eigenvalue weighted by molar-refractivity contribution is 0.138. The number of nitrogens with zero attached hydrogens (tertiary/aromatic N) is 2. The highest BCUT2D eigenvalue weighted by atomic mass is 35.5. The molecule has 1 heterocycles. The second kappa shape index (κ2) is 5.96. The first-order valence-corrected chi connectivity index (χ1v) is 12.0. The Morgan fingerprint density at radius 3 is 2.73 bits per heavy atom. The number of benzene rings is 2. The third kappa shape index (κ3) is 2.33. The topological polar surface area (TPSA) is 72.2 Å². The van der Waals surface area contributed by atoms with Gasteiger partial charge in [-0.2, -0.15) is 17.6 Å². The van der Waals surface area contributed by atoms with Crippen molar-refractivity contribution in [1.82, 2.24) is 9.19 Å². The van der Waals surface area contributed by atoms with E-state index in [1.54, 1.807) is 30.5 Å². The standard InChI is InChI=1S/C23H21ClN2O3S/c1-13-2-4-15(5-3-13)30(28,29)26-12-18-17-11-23-9-8-14(10-23)22(27)21(24)20(23)16(17)6-7-19(18)25-26/h2-7,12,14,22,27H,8-11H2,1H3/t14-,22+,23-/m0/s1. The monoisotopic (exact) mass is 440 g/mol. The summed E-state index contributed by atoms with van der Waals surface area (Å²) >= 11 is 6.66. The molecule has 0 saturated heterocycles. The van der Waals surface area contributed by atoms with Crippen LogP contribution in [-0.2, 0) is 16.4 Å². The average Bonchev–Trinajstić information content (AvgIpc) is 3.41. The molecule has 3 aliphatic rings. The highest BCUT2D eigenvalue weighted by Crippen LogP contribution is 2.64. The summed E-state index contributed by atoms with van der Waals surface area (Å²) in [5, 5.41) is 16.4. The lowest BCUT2D eigenvalue weighted by Gasteiger charge is -2.33. The van der Waals surface area contributed by atoms with Crippen molar-refractivity contribution in [2.45, 2.75) is 43.6 Å². The summed E-state index contributed by atoms with van der Waals surface area (Å²) in [4.78, 5) is 0.220. The van der Waals surface area contributed by atoms with Crippen LogP contribution in [-0.4, -0.2) is 28.8 Å². The fourth-order valence-electron chi connectivity index (χ4n) is 5.77. The number of fused-ring (bicyclic) bond motifs is 5. The number of aliphatic hydroxyl groups is 1. The molecule has 2 bridgehead atoms. The molecule has 3 atom stereocenters. The van der Waals surface area contributed by atoms with E-state index in [0.717, 1.165) is 57.4 Å². The molecule has 1 saturated carbocycles. The molecule has 0 amide bonds. The second-order valence-corrected chi connectivity index (χ2v) is 11.2. The van der Waals surface area contributed by atoms with Gasteiger partial charge in [-0.25, -0.2) is 0 Å². The average molecular weight is 441 g/mol. The minimum Gasteiger partial charge on any atom is -0.387 e. The van der Waals surface area contributed by atoms with Crippen LogP contribution in [0.1, 0.15) is 36.0 Å². The third-order valence-electron chi connectivity index (χ3n) is 7.25. The van der Waals surface area contributed by atoms with Gasteiger partial charge in [0.2, 0.25) is 0 Å². The Balaban J connectivity index is 1.53. The van der Waals surface area contributed by atoms with E-state index < -0.39 is 16.1 Å². The molecule has 1 N–H and O–H groups in total. The van der Waals surface area contributed by atoms with Crippen LogP contribution in [0.3, 0.4) is 0 Å². The van der Waals surface area contributed by atoms with Crippen molar-refractivity contribution in [1.29, 1.82) is 0 Å². The molecule has 1 spiro atoms. The molecular formula is C23H21ClN2O3S. The smallest absolute Gasteiger partial charge is 0.282 e. The summed E-state index contributed by atoms with van der Waals surface area (Å²) in [6.07, 6.45) is 4.78. The van der Waals surface area contributed by atoms with Crippen LogP contribution in [0.5, 0.6) is 0 Å². The van der Waals surface area contributed by atoms with Gasteiger partial charge in [-0.05, 0) is 73.4 Å². The zero-order valence-electron chi connectivity index (χ0n) is 16.5.